The first-order valence-electron chi connectivity index (χ1n) is 9.45. The Morgan fingerprint density at radius 2 is 1.96 bits per heavy atom. The molecule has 2 amide bonds. The van der Waals surface area contributed by atoms with Crippen molar-refractivity contribution in [2.75, 3.05) is 0 Å². The number of nitrogens with two attached hydrogens (primary N) is 2. The number of rotatable bonds is 6. The van der Waals surface area contributed by atoms with Crippen LogP contribution in [0, 0.1) is 5.92 Å². The van der Waals surface area contributed by atoms with Crippen molar-refractivity contribution >= 4 is 17.8 Å². The van der Waals surface area contributed by atoms with Gasteiger partial charge in [0.15, 0.2) is 5.96 Å². The smallest absolute Gasteiger partial charge is 0.242 e. The maximum atomic E-state index is 13.0. The van der Waals surface area contributed by atoms with E-state index in [0.717, 1.165) is 6.42 Å². The summed E-state index contributed by atoms with van der Waals surface area (Å²) in [5.41, 5.74) is 10.7. The molecule has 2 fully saturated rings. The molecule has 148 valence electrons. The number of aliphatic imine (C=N–C) groups is 1. The fraction of sp³-hybridized carbons (Fsp3) is 0.833. The van der Waals surface area contributed by atoms with Crippen molar-refractivity contribution in [3.63, 3.8) is 0 Å². The molecule has 0 aromatic rings. The van der Waals surface area contributed by atoms with Crippen LogP contribution in [0.15, 0.2) is 4.99 Å². The minimum Gasteiger partial charge on any atom is -0.370 e. The fourth-order valence-corrected chi connectivity index (χ4v) is 3.80. The van der Waals surface area contributed by atoms with Gasteiger partial charge >= 0.3 is 0 Å². The number of fused-ring (bicyclic) bond motifs is 1. The first-order chi connectivity index (χ1) is 12.0. The van der Waals surface area contributed by atoms with Crippen molar-refractivity contribution in [3.8, 4) is 0 Å². The van der Waals surface area contributed by atoms with E-state index < -0.39 is 18.1 Å². The topological polar surface area (TPSA) is 126 Å². The van der Waals surface area contributed by atoms with Crippen LogP contribution in [-0.4, -0.2) is 58.4 Å². The number of amides is 2. The number of carbonyl (C=O) groups excluding carboxylic acids is 2. The molecule has 2 aliphatic heterocycles. The minimum atomic E-state index is -0.591. The normalized spacial score (nSPS) is 29.2. The first kappa shape index (κ1) is 20.5. The van der Waals surface area contributed by atoms with Gasteiger partial charge in [-0.05, 0) is 39.5 Å². The molecule has 2 heterocycles. The highest BCUT2D eigenvalue weighted by atomic mass is 16.2. The van der Waals surface area contributed by atoms with Gasteiger partial charge in [-0.15, -0.1) is 0 Å². The second-order valence-corrected chi connectivity index (χ2v) is 8.82. The number of hydrogen-bond acceptors (Lipinski definition) is 4. The Morgan fingerprint density at radius 3 is 2.42 bits per heavy atom. The molecule has 8 nitrogen and oxygen atoms in total. The van der Waals surface area contributed by atoms with Crippen LogP contribution in [0.2, 0.25) is 0 Å². The lowest BCUT2D eigenvalue weighted by atomic mass is 9.98. The third-order valence-electron chi connectivity index (χ3n) is 4.82. The second kappa shape index (κ2) is 7.42. The molecule has 0 radical (unpaired) electrons. The molecule has 26 heavy (non-hydrogen) atoms. The Hall–Kier alpha value is -1.83. The largest absolute Gasteiger partial charge is 0.370 e. The summed E-state index contributed by atoms with van der Waals surface area (Å²) in [4.78, 5) is 31.9. The summed E-state index contributed by atoms with van der Waals surface area (Å²) in [7, 11) is 0. The predicted octanol–water partition coefficient (Wildman–Crippen LogP) is -0.0810. The monoisotopic (exact) mass is 366 g/mol. The summed E-state index contributed by atoms with van der Waals surface area (Å²) in [5, 5.41) is 6.28. The number of hydrogen-bond donors (Lipinski definition) is 4. The highest BCUT2D eigenvalue weighted by Crippen LogP contribution is 2.40. The Kier molecular flexibility index (Phi) is 5.85. The number of nitrogens with zero attached hydrogens (tertiary/aromatic N) is 2. The van der Waals surface area contributed by atoms with Gasteiger partial charge in [-0.3, -0.25) is 14.9 Å². The summed E-state index contributed by atoms with van der Waals surface area (Å²) >= 11 is 0. The van der Waals surface area contributed by atoms with E-state index in [1.165, 1.54) is 0 Å². The number of piperazine rings is 1. The maximum Gasteiger partial charge on any atom is 0.242 e. The lowest BCUT2D eigenvalue weighted by Gasteiger charge is -2.34. The van der Waals surface area contributed by atoms with Crippen molar-refractivity contribution < 1.29 is 9.59 Å². The first-order valence-corrected chi connectivity index (χ1v) is 9.45. The molecule has 0 bridgehead atoms. The van der Waals surface area contributed by atoms with Gasteiger partial charge in [0.1, 0.15) is 12.1 Å². The van der Waals surface area contributed by atoms with E-state index in [9.17, 15) is 9.59 Å². The van der Waals surface area contributed by atoms with Crippen LogP contribution in [0.1, 0.15) is 54.4 Å². The molecule has 2 rings (SSSR count). The van der Waals surface area contributed by atoms with Crippen molar-refractivity contribution in [1.82, 2.24) is 15.5 Å². The average molecular weight is 367 g/mol. The van der Waals surface area contributed by atoms with Gasteiger partial charge in [-0.1, -0.05) is 20.8 Å². The van der Waals surface area contributed by atoms with Crippen LogP contribution in [0.4, 0.5) is 0 Å². The molecule has 0 aromatic heterocycles. The SMILES string of the molecule is CCC(N=C(N)N)[C@H]1N[C@H](C(=O)NC(C)(C)C)[C@H]2[C@H](CC(C)C)N2C1=O. The van der Waals surface area contributed by atoms with Gasteiger partial charge in [0.2, 0.25) is 11.8 Å². The second-order valence-electron chi connectivity index (χ2n) is 8.82. The number of nitrogens with one attached hydrogen (secondary N) is 2. The van der Waals surface area contributed by atoms with E-state index in [-0.39, 0.29) is 35.4 Å². The Bertz CT molecular complexity index is 579. The van der Waals surface area contributed by atoms with Gasteiger partial charge in [0.25, 0.3) is 0 Å². The molecule has 5 atom stereocenters. The fourth-order valence-electron chi connectivity index (χ4n) is 3.80. The van der Waals surface area contributed by atoms with E-state index in [1.807, 2.05) is 32.6 Å². The lowest BCUT2D eigenvalue weighted by Crippen LogP contribution is -2.64. The lowest BCUT2D eigenvalue weighted by molar-refractivity contribution is -0.134. The summed E-state index contributed by atoms with van der Waals surface area (Å²) < 4.78 is 0. The predicted molar refractivity (Wildman–Crippen MR) is 102 cm³/mol. The Balaban J connectivity index is 2.27. The molecule has 8 heteroatoms. The highest BCUT2D eigenvalue weighted by molar-refractivity contribution is 5.93. The Morgan fingerprint density at radius 1 is 1.35 bits per heavy atom. The maximum absolute atomic E-state index is 13.0. The average Bonchev–Trinajstić information content (AvgIpc) is 3.17. The van der Waals surface area contributed by atoms with Crippen LogP contribution in [0.5, 0.6) is 0 Å². The molecular weight excluding hydrogens is 332 g/mol. The van der Waals surface area contributed by atoms with Crippen LogP contribution < -0.4 is 22.1 Å². The van der Waals surface area contributed by atoms with E-state index in [2.05, 4.69) is 29.5 Å². The zero-order valence-corrected chi connectivity index (χ0v) is 16.7. The molecule has 0 aliphatic carbocycles. The molecule has 0 spiro atoms. The van der Waals surface area contributed by atoms with E-state index >= 15 is 0 Å². The van der Waals surface area contributed by atoms with E-state index in [0.29, 0.717) is 12.3 Å². The van der Waals surface area contributed by atoms with Gasteiger partial charge < -0.3 is 21.7 Å². The van der Waals surface area contributed by atoms with Gasteiger partial charge in [0, 0.05) is 5.54 Å². The van der Waals surface area contributed by atoms with E-state index in [1.54, 1.807) is 0 Å². The van der Waals surface area contributed by atoms with Gasteiger partial charge in [-0.25, -0.2) is 4.99 Å². The number of carbonyl (C=O) groups is 2. The summed E-state index contributed by atoms with van der Waals surface area (Å²) in [6, 6.07) is -1.44. The van der Waals surface area contributed by atoms with Crippen LogP contribution in [-0.2, 0) is 9.59 Å². The summed E-state index contributed by atoms with van der Waals surface area (Å²) in [5.74, 6) is 0.296. The highest BCUT2D eigenvalue weighted by Gasteiger charge is 2.62. The van der Waals surface area contributed by atoms with Crippen LogP contribution >= 0.6 is 0 Å². The zero-order valence-electron chi connectivity index (χ0n) is 16.7. The molecular formula is C18H34N6O2. The van der Waals surface area contributed by atoms with Gasteiger partial charge in [-0.2, -0.15) is 0 Å². The number of guanidine groups is 1. The van der Waals surface area contributed by atoms with Crippen molar-refractivity contribution in [2.45, 2.75) is 90.1 Å². The zero-order chi connectivity index (χ0) is 19.8. The standard InChI is InChI=1S/C18H34N6O2/c1-7-10(21-17(19)20)12-16(26)24-11(8-9(2)3)14(24)13(22-12)15(25)23-18(4,5)6/h9-14,22H,7-8H2,1-6H3,(H,23,25)(H4,19,20,21)/t10?,11-,12+,13-,14+,24?/m0/s1. The molecule has 2 aliphatic rings. The summed E-state index contributed by atoms with van der Waals surface area (Å²) in [6.07, 6.45) is 1.48. The van der Waals surface area contributed by atoms with Gasteiger partial charge in [0.05, 0.1) is 18.1 Å². The molecule has 1 unspecified atom stereocenters. The third-order valence-corrected chi connectivity index (χ3v) is 4.82. The molecule has 2 saturated heterocycles. The van der Waals surface area contributed by atoms with Crippen LogP contribution in [0.3, 0.4) is 0 Å². The van der Waals surface area contributed by atoms with Crippen molar-refractivity contribution in [1.29, 1.82) is 0 Å². The van der Waals surface area contributed by atoms with Crippen molar-refractivity contribution in [3.05, 3.63) is 0 Å². The molecule has 0 aromatic carbocycles. The molecule has 0 saturated carbocycles. The minimum absolute atomic E-state index is 0.0164. The van der Waals surface area contributed by atoms with Crippen molar-refractivity contribution in [2.24, 2.45) is 22.4 Å². The van der Waals surface area contributed by atoms with Crippen LogP contribution in [0.25, 0.3) is 0 Å². The van der Waals surface area contributed by atoms with E-state index in [4.69, 9.17) is 11.5 Å². The Labute approximate surface area is 156 Å². The molecule has 6 N–H and O–H groups in total. The summed E-state index contributed by atoms with van der Waals surface area (Å²) in [6.45, 7) is 12.0. The third kappa shape index (κ3) is 4.47. The quantitative estimate of drug-likeness (QED) is 0.297.